The molecular weight excluding hydrogens is 184 g/mol. The van der Waals surface area contributed by atoms with Crippen molar-refractivity contribution in [3.8, 4) is 0 Å². The van der Waals surface area contributed by atoms with Gasteiger partial charge in [0.05, 0.1) is 0 Å². The van der Waals surface area contributed by atoms with Gasteiger partial charge in [-0.1, -0.05) is 44.2 Å². The first-order valence-corrected chi connectivity index (χ1v) is 7.32. The Hall–Kier alpha value is -0.273. The predicted octanol–water partition coefficient (Wildman–Crippen LogP) is 2.71. The first-order valence-electron chi connectivity index (χ1n) is 4.36. The summed E-state index contributed by atoms with van der Waals surface area (Å²) in [6.07, 6.45) is 0. The van der Waals surface area contributed by atoms with Crippen LogP contribution in [0.1, 0.15) is 25.0 Å². The summed E-state index contributed by atoms with van der Waals surface area (Å²) < 4.78 is 0. The molecule has 0 amide bonds. The average Bonchev–Trinajstić information content (AvgIpc) is 2.07. The zero-order valence-corrected chi connectivity index (χ0v) is 9.80. The molecule has 1 unspecified atom stereocenters. The molecule has 0 saturated carbocycles. The van der Waals surface area contributed by atoms with Gasteiger partial charge in [-0.05, 0) is 17.0 Å². The molecular formula is C10H15ClSi. The summed E-state index contributed by atoms with van der Waals surface area (Å²) in [5.41, 5.74) is 2.04. The van der Waals surface area contributed by atoms with E-state index in [1.807, 2.05) is 0 Å². The number of halogens is 1. The molecule has 12 heavy (non-hydrogen) atoms. The van der Waals surface area contributed by atoms with Crippen LogP contribution in [0.3, 0.4) is 0 Å². The fourth-order valence-electron chi connectivity index (χ4n) is 1.35. The maximum absolute atomic E-state index is 6.04. The lowest BCUT2D eigenvalue weighted by Gasteiger charge is -2.17. The van der Waals surface area contributed by atoms with Crippen LogP contribution >= 0.6 is 11.1 Å². The van der Waals surface area contributed by atoms with Gasteiger partial charge in [0.25, 0.3) is 0 Å². The fraction of sp³-hybridized carbons (Fsp3) is 0.400. The molecule has 1 rings (SSSR count). The van der Waals surface area contributed by atoms with Crippen LogP contribution in [0.25, 0.3) is 0 Å². The lowest BCUT2D eigenvalue weighted by Crippen LogP contribution is -2.10. The molecule has 0 spiro atoms. The van der Waals surface area contributed by atoms with Gasteiger partial charge in [-0.2, -0.15) is 11.1 Å². The normalized spacial score (nSPS) is 14.3. The number of hydrogen-bond donors (Lipinski definition) is 0. The van der Waals surface area contributed by atoms with E-state index in [9.17, 15) is 0 Å². The van der Waals surface area contributed by atoms with Crippen molar-refractivity contribution in [2.24, 2.45) is 5.92 Å². The lowest BCUT2D eigenvalue weighted by molar-refractivity contribution is 0.621. The molecule has 2 heteroatoms. The molecule has 0 aliphatic heterocycles. The molecule has 1 atom stereocenters. The Labute approximate surface area is 81.5 Å². The minimum atomic E-state index is -0.446. The van der Waals surface area contributed by atoms with Crippen LogP contribution < -0.4 is 0 Å². The SMILES string of the molecule is CC(C)C([SiH2]Cl)c1ccccc1. The van der Waals surface area contributed by atoms with Crippen LogP contribution in [0.4, 0.5) is 0 Å². The maximum Gasteiger partial charge on any atom is 0.132 e. The molecule has 0 aliphatic rings. The van der Waals surface area contributed by atoms with E-state index < -0.39 is 8.83 Å². The summed E-state index contributed by atoms with van der Waals surface area (Å²) in [6.45, 7) is 4.49. The molecule has 0 nitrogen and oxygen atoms in total. The van der Waals surface area contributed by atoms with Crippen LogP contribution in [-0.2, 0) is 0 Å². The van der Waals surface area contributed by atoms with Crippen molar-refractivity contribution < 1.29 is 0 Å². The Morgan fingerprint density at radius 2 is 1.75 bits per heavy atom. The monoisotopic (exact) mass is 198 g/mol. The quantitative estimate of drug-likeness (QED) is 0.518. The van der Waals surface area contributed by atoms with Gasteiger partial charge in [-0.15, -0.1) is 0 Å². The lowest BCUT2D eigenvalue weighted by atomic mass is 10.0. The van der Waals surface area contributed by atoms with Gasteiger partial charge in [-0.3, -0.25) is 0 Å². The third kappa shape index (κ3) is 2.36. The average molecular weight is 199 g/mol. The van der Waals surface area contributed by atoms with Crippen LogP contribution in [0.2, 0.25) is 0 Å². The second-order valence-corrected chi connectivity index (χ2v) is 5.53. The standard InChI is InChI=1S/C10H15ClSi/c1-8(2)10(12-11)9-6-4-3-5-7-9/h3-8,10H,12H2,1-2H3. The zero-order valence-electron chi connectivity index (χ0n) is 7.63. The molecule has 0 bridgehead atoms. The summed E-state index contributed by atoms with van der Waals surface area (Å²) in [4.78, 5) is 0. The molecule has 66 valence electrons. The van der Waals surface area contributed by atoms with Crippen LogP contribution in [0.15, 0.2) is 30.3 Å². The van der Waals surface area contributed by atoms with Gasteiger partial charge < -0.3 is 0 Å². The van der Waals surface area contributed by atoms with E-state index in [0.717, 1.165) is 0 Å². The van der Waals surface area contributed by atoms with Crippen molar-refractivity contribution in [3.63, 3.8) is 0 Å². The first-order chi connectivity index (χ1) is 5.75. The summed E-state index contributed by atoms with van der Waals surface area (Å²) in [7, 11) is -0.446. The van der Waals surface area contributed by atoms with Crippen LogP contribution in [0, 0.1) is 5.92 Å². The molecule has 0 heterocycles. The highest BCUT2D eigenvalue weighted by atomic mass is 35.6. The Morgan fingerprint density at radius 1 is 1.17 bits per heavy atom. The van der Waals surface area contributed by atoms with Gasteiger partial charge in [0.1, 0.15) is 8.83 Å². The zero-order chi connectivity index (χ0) is 8.97. The molecule has 0 fully saturated rings. The van der Waals surface area contributed by atoms with Gasteiger partial charge in [-0.25, -0.2) is 0 Å². The number of hydrogen-bond acceptors (Lipinski definition) is 0. The van der Waals surface area contributed by atoms with Crippen LogP contribution in [-0.4, -0.2) is 8.83 Å². The molecule has 0 saturated heterocycles. The molecule has 0 aliphatic carbocycles. The van der Waals surface area contributed by atoms with E-state index >= 15 is 0 Å². The van der Waals surface area contributed by atoms with Crippen molar-refractivity contribution >= 4 is 19.9 Å². The number of benzene rings is 1. The van der Waals surface area contributed by atoms with E-state index in [0.29, 0.717) is 11.5 Å². The highest BCUT2D eigenvalue weighted by Gasteiger charge is 2.13. The summed E-state index contributed by atoms with van der Waals surface area (Å²) in [6, 6.07) is 10.6. The van der Waals surface area contributed by atoms with E-state index in [-0.39, 0.29) is 0 Å². The summed E-state index contributed by atoms with van der Waals surface area (Å²) in [5, 5.41) is 0. The third-order valence-electron chi connectivity index (χ3n) is 2.20. The van der Waals surface area contributed by atoms with Gasteiger partial charge in [0.2, 0.25) is 0 Å². The second kappa shape index (κ2) is 4.68. The Morgan fingerprint density at radius 3 is 2.17 bits per heavy atom. The van der Waals surface area contributed by atoms with Crippen molar-refractivity contribution in [2.75, 3.05) is 0 Å². The largest absolute Gasteiger partial charge is 0.175 e. The Bertz CT molecular complexity index is 221. The summed E-state index contributed by atoms with van der Waals surface area (Å²) in [5.74, 6) is 0.677. The highest BCUT2D eigenvalue weighted by molar-refractivity contribution is 6.94. The maximum atomic E-state index is 6.04. The third-order valence-corrected chi connectivity index (χ3v) is 4.94. The van der Waals surface area contributed by atoms with Gasteiger partial charge in [0.15, 0.2) is 0 Å². The molecule has 0 N–H and O–H groups in total. The highest BCUT2D eigenvalue weighted by Crippen LogP contribution is 2.23. The smallest absolute Gasteiger partial charge is 0.132 e. The fourth-order valence-corrected chi connectivity index (χ4v) is 3.76. The first kappa shape index (κ1) is 9.81. The van der Waals surface area contributed by atoms with Gasteiger partial charge >= 0.3 is 0 Å². The van der Waals surface area contributed by atoms with E-state index in [2.05, 4.69) is 44.2 Å². The van der Waals surface area contributed by atoms with Crippen LogP contribution in [0.5, 0.6) is 0 Å². The summed E-state index contributed by atoms with van der Waals surface area (Å²) >= 11 is 6.04. The topological polar surface area (TPSA) is 0 Å². The van der Waals surface area contributed by atoms with Crippen molar-refractivity contribution in [1.29, 1.82) is 0 Å². The molecule has 1 aromatic rings. The second-order valence-electron chi connectivity index (χ2n) is 3.42. The van der Waals surface area contributed by atoms with E-state index in [4.69, 9.17) is 11.1 Å². The predicted molar refractivity (Wildman–Crippen MR) is 58.4 cm³/mol. The van der Waals surface area contributed by atoms with E-state index in [1.54, 1.807) is 0 Å². The molecule has 0 aromatic heterocycles. The minimum absolute atomic E-state index is 0.446. The van der Waals surface area contributed by atoms with E-state index in [1.165, 1.54) is 5.56 Å². The molecule has 0 radical (unpaired) electrons. The Kier molecular flexibility index (Phi) is 3.83. The Balaban J connectivity index is 2.80. The van der Waals surface area contributed by atoms with Crippen molar-refractivity contribution in [1.82, 2.24) is 0 Å². The molecule has 1 aromatic carbocycles. The van der Waals surface area contributed by atoms with Crippen molar-refractivity contribution in [3.05, 3.63) is 35.9 Å². The van der Waals surface area contributed by atoms with Crippen molar-refractivity contribution in [2.45, 2.75) is 19.4 Å². The van der Waals surface area contributed by atoms with Gasteiger partial charge in [0, 0.05) is 0 Å². The minimum Gasteiger partial charge on any atom is -0.175 e. The number of rotatable bonds is 3.